The third-order valence-corrected chi connectivity index (χ3v) is 5.11. The Kier molecular flexibility index (Phi) is 3.84. The van der Waals surface area contributed by atoms with Crippen molar-refractivity contribution in [1.29, 1.82) is 0 Å². The summed E-state index contributed by atoms with van der Waals surface area (Å²) in [6, 6.07) is 4.71. The van der Waals surface area contributed by atoms with Crippen LogP contribution in [0.2, 0.25) is 10.0 Å². The standard InChI is InChI=1S/C11H11Cl2NO3S/c12-8-1-2-10(9(13)5-8)14-11(15)7-3-4-18(16,17)6-7/h1-2,5,7H,3-4,6H2,(H,14,15). The summed E-state index contributed by atoms with van der Waals surface area (Å²) >= 11 is 11.7. The molecule has 1 N–H and O–H groups in total. The molecule has 0 aliphatic carbocycles. The topological polar surface area (TPSA) is 63.2 Å². The third kappa shape index (κ3) is 3.16. The van der Waals surface area contributed by atoms with Gasteiger partial charge in [0.15, 0.2) is 9.84 Å². The highest BCUT2D eigenvalue weighted by molar-refractivity contribution is 7.91. The highest BCUT2D eigenvalue weighted by atomic mass is 35.5. The monoisotopic (exact) mass is 307 g/mol. The van der Waals surface area contributed by atoms with E-state index in [-0.39, 0.29) is 17.4 Å². The van der Waals surface area contributed by atoms with Crippen molar-refractivity contribution in [3.05, 3.63) is 28.2 Å². The maximum Gasteiger partial charge on any atom is 0.228 e. The molecule has 7 heteroatoms. The molecule has 18 heavy (non-hydrogen) atoms. The van der Waals surface area contributed by atoms with Crippen molar-refractivity contribution in [2.24, 2.45) is 5.92 Å². The molecule has 1 atom stereocenters. The van der Waals surface area contributed by atoms with Gasteiger partial charge in [-0.2, -0.15) is 0 Å². The number of nitrogens with one attached hydrogen (secondary N) is 1. The third-order valence-electron chi connectivity index (χ3n) is 2.79. The Morgan fingerprint density at radius 2 is 2.06 bits per heavy atom. The number of sulfone groups is 1. The van der Waals surface area contributed by atoms with E-state index in [1.54, 1.807) is 12.1 Å². The van der Waals surface area contributed by atoms with E-state index in [2.05, 4.69) is 5.32 Å². The minimum Gasteiger partial charge on any atom is -0.324 e. The molecular weight excluding hydrogens is 297 g/mol. The Hall–Kier alpha value is -0.780. The number of amides is 1. The Labute approximate surface area is 115 Å². The highest BCUT2D eigenvalue weighted by Gasteiger charge is 2.33. The van der Waals surface area contributed by atoms with Crippen molar-refractivity contribution in [3.63, 3.8) is 0 Å². The summed E-state index contributed by atoms with van der Waals surface area (Å²) in [5.41, 5.74) is 0.440. The fraction of sp³-hybridized carbons (Fsp3) is 0.364. The van der Waals surface area contributed by atoms with Gasteiger partial charge in [-0.05, 0) is 24.6 Å². The zero-order valence-corrected chi connectivity index (χ0v) is 11.6. The lowest BCUT2D eigenvalue weighted by atomic mass is 10.1. The molecule has 1 amide bonds. The van der Waals surface area contributed by atoms with E-state index in [9.17, 15) is 13.2 Å². The van der Waals surface area contributed by atoms with Crippen LogP contribution in [0, 0.1) is 5.92 Å². The maximum absolute atomic E-state index is 11.9. The maximum atomic E-state index is 11.9. The highest BCUT2D eigenvalue weighted by Crippen LogP contribution is 2.27. The van der Waals surface area contributed by atoms with Gasteiger partial charge in [-0.1, -0.05) is 23.2 Å². The average molecular weight is 308 g/mol. The predicted molar refractivity (Wildman–Crippen MR) is 71.9 cm³/mol. The molecule has 0 saturated carbocycles. The van der Waals surface area contributed by atoms with Crippen LogP contribution in [-0.4, -0.2) is 25.8 Å². The SMILES string of the molecule is O=C(Nc1ccc(Cl)cc1Cl)C1CCS(=O)(=O)C1. The number of carbonyl (C=O) groups excluding carboxylic acids is 1. The Bertz CT molecular complexity index is 586. The van der Waals surface area contributed by atoms with Gasteiger partial charge >= 0.3 is 0 Å². The minimum atomic E-state index is -3.06. The molecule has 0 bridgehead atoms. The van der Waals surface area contributed by atoms with E-state index >= 15 is 0 Å². The van der Waals surface area contributed by atoms with Crippen molar-refractivity contribution < 1.29 is 13.2 Å². The van der Waals surface area contributed by atoms with E-state index in [1.165, 1.54) is 6.07 Å². The van der Waals surface area contributed by atoms with Gasteiger partial charge in [-0.3, -0.25) is 4.79 Å². The average Bonchev–Trinajstić information content (AvgIpc) is 2.63. The molecule has 1 saturated heterocycles. The number of hydrogen-bond donors (Lipinski definition) is 1. The van der Waals surface area contributed by atoms with Crippen LogP contribution in [0.25, 0.3) is 0 Å². The molecule has 1 aromatic rings. The summed E-state index contributed by atoms with van der Waals surface area (Å²) < 4.78 is 22.6. The van der Waals surface area contributed by atoms with E-state index in [0.717, 1.165) is 0 Å². The summed E-state index contributed by atoms with van der Waals surface area (Å²) in [6.45, 7) is 0. The van der Waals surface area contributed by atoms with Gasteiger partial charge < -0.3 is 5.32 Å². The summed E-state index contributed by atoms with van der Waals surface area (Å²) in [5, 5.41) is 3.43. The van der Waals surface area contributed by atoms with Crippen molar-refractivity contribution in [2.45, 2.75) is 6.42 Å². The van der Waals surface area contributed by atoms with Crippen molar-refractivity contribution >= 4 is 44.6 Å². The van der Waals surface area contributed by atoms with Gasteiger partial charge in [0.05, 0.1) is 28.1 Å². The zero-order chi connectivity index (χ0) is 13.3. The van der Waals surface area contributed by atoms with E-state index < -0.39 is 15.8 Å². The first-order valence-electron chi connectivity index (χ1n) is 5.34. The molecule has 1 heterocycles. The second-order valence-electron chi connectivity index (χ2n) is 4.21. The van der Waals surface area contributed by atoms with Crippen LogP contribution in [0.5, 0.6) is 0 Å². The summed E-state index contributed by atoms with van der Waals surface area (Å²) in [6.07, 6.45) is 0.360. The quantitative estimate of drug-likeness (QED) is 0.912. The molecule has 1 aliphatic heterocycles. The van der Waals surface area contributed by atoms with Gasteiger partial charge in [0.1, 0.15) is 0 Å². The van der Waals surface area contributed by atoms with Crippen LogP contribution in [0.4, 0.5) is 5.69 Å². The number of carbonyl (C=O) groups is 1. The second kappa shape index (κ2) is 5.07. The second-order valence-corrected chi connectivity index (χ2v) is 7.29. The van der Waals surface area contributed by atoms with Gasteiger partial charge in [0, 0.05) is 5.02 Å². The van der Waals surface area contributed by atoms with Crippen molar-refractivity contribution in [3.8, 4) is 0 Å². The van der Waals surface area contributed by atoms with Crippen LogP contribution in [0.15, 0.2) is 18.2 Å². The van der Waals surface area contributed by atoms with E-state index in [0.29, 0.717) is 22.2 Å². The van der Waals surface area contributed by atoms with Crippen molar-refractivity contribution in [1.82, 2.24) is 0 Å². The lowest BCUT2D eigenvalue weighted by molar-refractivity contribution is -0.119. The van der Waals surface area contributed by atoms with Crippen molar-refractivity contribution in [2.75, 3.05) is 16.8 Å². The van der Waals surface area contributed by atoms with E-state index in [1.807, 2.05) is 0 Å². The van der Waals surface area contributed by atoms with E-state index in [4.69, 9.17) is 23.2 Å². The Morgan fingerprint density at radius 3 is 2.61 bits per heavy atom. The largest absolute Gasteiger partial charge is 0.324 e. The van der Waals surface area contributed by atoms with Crippen LogP contribution in [-0.2, 0) is 14.6 Å². The van der Waals surface area contributed by atoms with Gasteiger partial charge in [-0.25, -0.2) is 8.42 Å². The number of benzene rings is 1. The fourth-order valence-corrected chi connectivity index (χ4v) is 4.02. The molecule has 4 nitrogen and oxygen atoms in total. The summed E-state index contributed by atoms with van der Waals surface area (Å²) in [7, 11) is -3.06. The van der Waals surface area contributed by atoms with Crippen LogP contribution in [0.1, 0.15) is 6.42 Å². The van der Waals surface area contributed by atoms with Crippen LogP contribution >= 0.6 is 23.2 Å². The smallest absolute Gasteiger partial charge is 0.228 e. The first-order valence-corrected chi connectivity index (χ1v) is 7.91. The molecule has 2 rings (SSSR count). The summed E-state index contributed by atoms with van der Waals surface area (Å²) in [4.78, 5) is 11.9. The zero-order valence-electron chi connectivity index (χ0n) is 9.32. The molecule has 0 aromatic heterocycles. The lowest BCUT2D eigenvalue weighted by Gasteiger charge is -2.10. The normalized spacial score (nSPS) is 21.8. The molecule has 98 valence electrons. The van der Waals surface area contributed by atoms with Gasteiger partial charge in [-0.15, -0.1) is 0 Å². The summed E-state index contributed by atoms with van der Waals surface area (Å²) in [5.74, 6) is -0.842. The fourth-order valence-electron chi connectivity index (χ4n) is 1.83. The predicted octanol–water partition coefficient (Wildman–Crippen LogP) is 2.37. The molecule has 0 spiro atoms. The number of halogens is 2. The first kappa shape index (κ1) is 13.6. The first-order chi connectivity index (χ1) is 8.37. The minimum absolute atomic E-state index is 0.0689. The number of hydrogen-bond acceptors (Lipinski definition) is 3. The molecule has 0 radical (unpaired) electrons. The Morgan fingerprint density at radius 1 is 1.33 bits per heavy atom. The molecule has 1 aliphatic rings. The lowest BCUT2D eigenvalue weighted by Crippen LogP contribution is -2.23. The number of rotatable bonds is 2. The molecule has 1 fully saturated rings. The molecule has 1 unspecified atom stereocenters. The van der Waals surface area contributed by atoms with Crippen LogP contribution < -0.4 is 5.32 Å². The number of anilines is 1. The molecular formula is C11H11Cl2NO3S. The van der Waals surface area contributed by atoms with Gasteiger partial charge in [0.25, 0.3) is 0 Å². The van der Waals surface area contributed by atoms with Gasteiger partial charge in [0.2, 0.25) is 5.91 Å². The molecule has 1 aromatic carbocycles. The van der Waals surface area contributed by atoms with Crippen LogP contribution in [0.3, 0.4) is 0 Å². The Balaban J connectivity index is 2.08.